The van der Waals surface area contributed by atoms with Crippen molar-refractivity contribution in [2.24, 2.45) is 5.73 Å². The molecule has 4 N–H and O–H groups in total. The van der Waals surface area contributed by atoms with Crippen LogP contribution in [0.5, 0.6) is 0 Å². The van der Waals surface area contributed by atoms with Crippen molar-refractivity contribution in [2.45, 2.75) is 25.3 Å². The van der Waals surface area contributed by atoms with E-state index in [1.165, 1.54) is 12.0 Å². The molecule has 1 aliphatic rings. The number of nitrogens with zero attached hydrogens (tertiary/aromatic N) is 1. The highest BCUT2D eigenvalue weighted by Gasteiger charge is 2.20. The number of nitrogens with one attached hydrogen (secondary N) is 2. The molecule has 1 aromatic heterocycles. The van der Waals surface area contributed by atoms with Gasteiger partial charge in [0.05, 0.1) is 5.69 Å². The van der Waals surface area contributed by atoms with Crippen LogP contribution in [-0.2, 0) is 6.42 Å². The van der Waals surface area contributed by atoms with Gasteiger partial charge in [-0.2, -0.15) is 0 Å². The van der Waals surface area contributed by atoms with Crippen LogP contribution in [0.3, 0.4) is 0 Å². The van der Waals surface area contributed by atoms with Gasteiger partial charge in [-0.15, -0.1) is 0 Å². The molecule has 0 saturated heterocycles. The number of nitrogens with two attached hydrogens (primary N) is 1. The van der Waals surface area contributed by atoms with E-state index in [0.717, 1.165) is 18.5 Å². The molecule has 1 aromatic rings. The second kappa shape index (κ2) is 5.63. The van der Waals surface area contributed by atoms with Crippen molar-refractivity contribution in [3.05, 3.63) is 29.6 Å². The van der Waals surface area contributed by atoms with Gasteiger partial charge in [0.2, 0.25) is 0 Å². The lowest BCUT2D eigenvalue weighted by atomic mass is 9.92. The summed E-state index contributed by atoms with van der Waals surface area (Å²) < 4.78 is 0. The minimum atomic E-state index is -0.478. The van der Waals surface area contributed by atoms with Crippen LogP contribution >= 0.6 is 0 Å². The molecule has 0 spiro atoms. The van der Waals surface area contributed by atoms with E-state index < -0.39 is 6.03 Å². The van der Waals surface area contributed by atoms with Gasteiger partial charge in [-0.3, -0.25) is 4.98 Å². The minimum Gasteiger partial charge on any atom is -0.352 e. The monoisotopic (exact) mass is 234 g/mol. The van der Waals surface area contributed by atoms with E-state index >= 15 is 0 Å². The number of fused-ring (bicyclic) bond motifs is 1. The second-order valence-electron chi connectivity index (χ2n) is 4.24. The van der Waals surface area contributed by atoms with Crippen LogP contribution in [0.4, 0.5) is 4.79 Å². The maximum Gasteiger partial charge on any atom is 0.312 e. The molecule has 0 radical (unpaired) electrons. The average Bonchev–Trinajstić information content (AvgIpc) is 2.34. The Morgan fingerprint density at radius 3 is 3.24 bits per heavy atom. The molecule has 1 unspecified atom stereocenters. The first kappa shape index (κ1) is 11.9. The van der Waals surface area contributed by atoms with Crippen molar-refractivity contribution in [1.29, 1.82) is 0 Å². The summed E-state index contributed by atoms with van der Waals surface area (Å²) in [5, 5.41) is 5.97. The molecule has 2 amide bonds. The Balaban J connectivity index is 1.88. The van der Waals surface area contributed by atoms with E-state index in [2.05, 4.69) is 21.7 Å². The average molecular weight is 234 g/mol. The summed E-state index contributed by atoms with van der Waals surface area (Å²) in [6.45, 7) is 1.26. The van der Waals surface area contributed by atoms with Crippen molar-refractivity contribution < 1.29 is 4.79 Å². The standard InChI is InChI=1S/C12H18N4O/c13-12(17)16-8-7-14-10-5-1-3-9-4-2-6-15-11(9)10/h2,4,6,10,14H,1,3,5,7-8H2,(H3,13,16,17). The first-order chi connectivity index (χ1) is 8.27. The first-order valence-electron chi connectivity index (χ1n) is 5.98. The van der Waals surface area contributed by atoms with Gasteiger partial charge in [-0.1, -0.05) is 6.07 Å². The van der Waals surface area contributed by atoms with Crippen LogP contribution in [0.1, 0.15) is 30.1 Å². The molecule has 17 heavy (non-hydrogen) atoms. The quantitative estimate of drug-likeness (QED) is 0.671. The summed E-state index contributed by atoms with van der Waals surface area (Å²) in [4.78, 5) is 15.0. The normalized spacial score (nSPS) is 18.5. The fourth-order valence-corrected chi connectivity index (χ4v) is 2.24. The van der Waals surface area contributed by atoms with Crippen LogP contribution in [0, 0.1) is 0 Å². The van der Waals surface area contributed by atoms with Gasteiger partial charge in [0.25, 0.3) is 0 Å². The largest absolute Gasteiger partial charge is 0.352 e. The number of rotatable bonds is 4. The zero-order chi connectivity index (χ0) is 12.1. The Bertz CT molecular complexity index is 394. The molecule has 0 saturated carbocycles. The van der Waals surface area contributed by atoms with Crippen LogP contribution < -0.4 is 16.4 Å². The molecule has 0 fully saturated rings. The number of hydrogen-bond acceptors (Lipinski definition) is 3. The second-order valence-corrected chi connectivity index (χ2v) is 4.24. The third-order valence-electron chi connectivity index (χ3n) is 3.01. The van der Waals surface area contributed by atoms with Gasteiger partial charge in [-0.05, 0) is 30.9 Å². The van der Waals surface area contributed by atoms with E-state index in [9.17, 15) is 4.79 Å². The molecule has 0 bridgehead atoms. The summed E-state index contributed by atoms with van der Waals surface area (Å²) in [5.41, 5.74) is 7.48. The van der Waals surface area contributed by atoms with E-state index in [4.69, 9.17) is 5.73 Å². The van der Waals surface area contributed by atoms with Gasteiger partial charge in [0, 0.05) is 25.3 Å². The third-order valence-corrected chi connectivity index (χ3v) is 3.01. The fourth-order valence-electron chi connectivity index (χ4n) is 2.24. The molecule has 0 aromatic carbocycles. The summed E-state index contributed by atoms with van der Waals surface area (Å²) in [5.74, 6) is 0. The molecule has 1 aliphatic carbocycles. The highest BCUT2D eigenvalue weighted by Crippen LogP contribution is 2.27. The molecule has 1 heterocycles. The van der Waals surface area contributed by atoms with Crippen LogP contribution in [0.2, 0.25) is 0 Å². The molecule has 2 rings (SSSR count). The first-order valence-corrected chi connectivity index (χ1v) is 5.98. The Morgan fingerprint density at radius 1 is 1.53 bits per heavy atom. The maximum absolute atomic E-state index is 10.5. The van der Waals surface area contributed by atoms with Gasteiger partial charge in [0.15, 0.2) is 0 Å². The predicted octanol–water partition coefficient (Wildman–Crippen LogP) is 0.717. The number of aryl methyl sites for hydroxylation is 1. The SMILES string of the molecule is NC(=O)NCCNC1CCCc2cccnc21. The Kier molecular flexibility index (Phi) is 3.93. The van der Waals surface area contributed by atoms with Crippen molar-refractivity contribution in [2.75, 3.05) is 13.1 Å². The van der Waals surface area contributed by atoms with Gasteiger partial charge in [0.1, 0.15) is 0 Å². The lowest BCUT2D eigenvalue weighted by Crippen LogP contribution is -2.37. The number of hydrogen-bond donors (Lipinski definition) is 3. The van der Waals surface area contributed by atoms with Gasteiger partial charge >= 0.3 is 6.03 Å². The number of carbonyl (C=O) groups is 1. The fraction of sp³-hybridized carbons (Fsp3) is 0.500. The van der Waals surface area contributed by atoms with Crippen molar-refractivity contribution >= 4 is 6.03 Å². The highest BCUT2D eigenvalue weighted by molar-refractivity contribution is 5.71. The molecule has 92 valence electrons. The summed E-state index contributed by atoms with van der Waals surface area (Å²) in [7, 11) is 0. The van der Waals surface area contributed by atoms with Gasteiger partial charge < -0.3 is 16.4 Å². The number of primary amides is 1. The van der Waals surface area contributed by atoms with E-state index in [0.29, 0.717) is 19.1 Å². The Labute approximate surface area is 101 Å². The zero-order valence-corrected chi connectivity index (χ0v) is 9.78. The summed E-state index contributed by atoms with van der Waals surface area (Å²) in [6, 6.07) is 3.94. The predicted molar refractivity (Wildman–Crippen MR) is 65.5 cm³/mol. The summed E-state index contributed by atoms with van der Waals surface area (Å²) >= 11 is 0. The molecule has 5 heteroatoms. The number of urea groups is 1. The van der Waals surface area contributed by atoms with Crippen LogP contribution in [-0.4, -0.2) is 24.1 Å². The lowest BCUT2D eigenvalue weighted by Gasteiger charge is -2.25. The van der Waals surface area contributed by atoms with Gasteiger partial charge in [-0.25, -0.2) is 4.79 Å². The van der Waals surface area contributed by atoms with Crippen molar-refractivity contribution in [3.8, 4) is 0 Å². The highest BCUT2D eigenvalue weighted by atomic mass is 16.2. The Hall–Kier alpha value is -1.62. The molecule has 1 atom stereocenters. The third kappa shape index (κ3) is 3.17. The van der Waals surface area contributed by atoms with E-state index in [-0.39, 0.29) is 0 Å². The maximum atomic E-state index is 10.5. The molecule has 5 nitrogen and oxygen atoms in total. The number of carbonyl (C=O) groups excluding carboxylic acids is 1. The van der Waals surface area contributed by atoms with Crippen molar-refractivity contribution in [3.63, 3.8) is 0 Å². The number of pyridine rings is 1. The van der Waals surface area contributed by atoms with Crippen LogP contribution in [0.25, 0.3) is 0 Å². The molecular weight excluding hydrogens is 216 g/mol. The summed E-state index contributed by atoms with van der Waals surface area (Å²) in [6.07, 6.45) is 5.22. The molecular formula is C12H18N4O. The van der Waals surface area contributed by atoms with Crippen LogP contribution in [0.15, 0.2) is 18.3 Å². The minimum absolute atomic E-state index is 0.301. The van der Waals surface area contributed by atoms with E-state index in [1.54, 1.807) is 0 Å². The van der Waals surface area contributed by atoms with Crippen molar-refractivity contribution in [1.82, 2.24) is 15.6 Å². The number of aromatic nitrogens is 1. The smallest absolute Gasteiger partial charge is 0.312 e. The zero-order valence-electron chi connectivity index (χ0n) is 9.78. The number of amides is 2. The van der Waals surface area contributed by atoms with E-state index in [1.807, 2.05) is 12.3 Å². The lowest BCUT2D eigenvalue weighted by molar-refractivity contribution is 0.248. The Morgan fingerprint density at radius 2 is 2.41 bits per heavy atom. The molecule has 0 aliphatic heterocycles. The topological polar surface area (TPSA) is 80.0 Å².